The van der Waals surface area contributed by atoms with Crippen LogP contribution < -0.4 is 5.73 Å². The predicted molar refractivity (Wildman–Crippen MR) is 32.6 cm³/mol. The van der Waals surface area contributed by atoms with Crippen molar-refractivity contribution in [2.24, 2.45) is 11.7 Å². The molecule has 0 aromatic heterocycles. The van der Waals surface area contributed by atoms with Crippen molar-refractivity contribution in [1.29, 1.82) is 0 Å². The van der Waals surface area contributed by atoms with Crippen molar-refractivity contribution in [3.63, 3.8) is 0 Å². The number of hydrogen-bond donors (Lipinski definition) is 1. The molecule has 1 atom stereocenters. The molecule has 0 aromatic carbocycles. The van der Waals surface area contributed by atoms with Crippen molar-refractivity contribution in [2.75, 3.05) is 19.7 Å². The van der Waals surface area contributed by atoms with Crippen LogP contribution in [0.15, 0.2) is 0 Å². The Kier molecular flexibility index (Phi) is 1.47. The van der Waals surface area contributed by atoms with Crippen LogP contribution in [0, 0.1) is 5.92 Å². The highest BCUT2D eigenvalue weighted by Gasteiger charge is 2.10. The van der Waals surface area contributed by atoms with Crippen molar-refractivity contribution in [3.8, 4) is 0 Å². The highest BCUT2D eigenvalue weighted by molar-refractivity contribution is 4.62. The smallest absolute Gasteiger partial charge is 0.0506 e. The third-order valence-corrected chi connectivity index (χ3v) is 1.40. The summed E-state index contributed by atoms with van der Waals surface area (Å²) in [4.78, 5) is 0. The molecule has 1 saturated heterocycles. The molecule has 8 heavy (non-hydrogen) atoms. The van der Waals surface area contributed by atoms with E-state index in [0.717, 1.165) is 19.4 Å². The van der Waals surface area contributed by atoms with E-state index in [4.69, 9.17) is 13.2 Å². The van der Waals surface area contributed by atoms with Crippen LogP contribution >= 0.6 is 0 Å². The topological polar surface area (TPSA) is 35.2 Å². The molecule has 0 aromatic rings. The van der Waals surface area contributed by atoms with E-state index in [2.05, 4.69) is 0 Å². The number of nitrogens with two attached hydrogens (primary N) is 1. The lowest BCUT2D eigenvalue weighted by Crippen LogP contribution is -2.24. The molecule has 0 radical (unpaired) electrons. The fourth-order valence-corrected chi connectivity index (χ4v) is 0.872. The van der Waals surface area contributed by atoms with Crippen LogP contribution in [0.5, 0.6) is 0 Å². The molecule has 2 N–H and O–H groups in total. The first-order valence-electron chi connectivity index (χ1n) is 3.97. The maximum atomic E-state index is 7.19. The lowest BCUT2D eigenvalue weighted by molar-refractivity contribution is 0.0580. The lowest BCUT2D eigenvalue weighted by Gasteiger charge is -2.19. The van der Waals surface area contributed by atoms with E-state index in [9.17, 15) is 0 Å². The summed E-state index contributed by atoms with van der Waals surface area (Å²) in [6, 6.07) is 0. The van der Waals surface area contributed by atoms with Gasteiger partial charge in [0.25, 0.3) is 0 Å². The molecule has 1 rings (SSSR count). The first kappa shape index (κ1) is 3.85. The molecule has 1 heterocycles. The molecule has 0 bridgehead atoms. The van der Waals surface area contributed by atoms with Gasteiger partial charge in [-0.05, 0) is 25.3 Å². The second-order valence-corrected chi connectivity index (χ2v) is 2.08. The zero-order valence-electron chi connectivity index (χ0n) is 6.89. The van der Waals surface area contributed by atoms with Gasteiger partial charge in [0.2, 0.25) is 0 Å². The monoisotopic (exact) mass is 117 g/mol. The molecule has 2 nitrogen and oxygen atoms in total. The van der Waals surface area contributed by atoms with E-state index >= 15 is 0 Å². The van der Waals surface area contributed by atoms with Gasteiger partial charge < -0.3 is 10.5 Å². The van der Waals surface area contributed by atoms with Crippen LogP contribution in [0.2, 0.25) is 0 Å². The Morgan fingerprint density at radius 2 is 2.75 bits per heavy atom. The van der Waals surface area contributed by atoms with E-state index < -0.39 is 6.50 Å². The molecule has 0 saturated carbocycles. The van der Waals surface area contributed by atoms with E-state index in [1.807, 2.05) is 0 Å². The molecule has 1 aliphatic rings. The SMILES string of the molecule is [2H]C([2H])(N)C1CCCOC1. The van der Waals surface area contributed by atoms with Crippen molar-refractivity contribution < 1.29 is 7.48 Å². The Hall–Kier alpha value is -0.0800. The molecule has 1 unspecified atom stereocenters. The minimum Gasteiger partial charge on any atom is -0.381 e. The van der Waals surface area contributed by atoms with Crippen LogP contribution in [0.4, 0.5) is 0 Å². The van der Waals surface area contributed by atoms with Gasteiger partial charge in [-0.2, -0.15) is 0 Å². The van der Waals surface area contributed by atoms with Crippen molar-refractivity contribution in [2.45, 2.75) is 12.8 Å². The molecule has 2 heteroatoms. The van der Waals surface area contributed by atoms with Crippen LogP contribution in [-0.2, 0) is 4.74 Å². The fourth-order valence-electron chi connectivity index (χ4n) is 0.872. The molecule has 1 fully saturated rings. The van der Waals surface area contributed by atoms with E-state index in [0.29, 0.717) is 6.61 Å². The average Bonchev–Trinajstić information content (AvgIpc) is 1.88. The van der Waals surface area contributed by atoms with Gasteiger partial charge in [-0.3, -0.25) is 0 Å². The second-order valence-electron chi connectivity index (χ2n) is 2.08. The third-order valence-electron chi connectivity index (χ3n) is 1.40. The largest absolute Gasteiger partial charge is 0.381 e. The normalized spacial score (nSPS) is 35.9. The van der Waals surface area contributed by atoms with Gasteiger partial charge >= 0.3 is 0 Å². The zero-order valence-corrected chi connectivity index (χ0v) is 4.89. The maximum Gasteiger partial charge on any atom is 0.0506 e. The predicted octanol–water partition coefficient (Wildman–Crippen LogP) is 0.372. The van der Waals surface area contributed by atoms with Gasteiger partial charge in [0, 0.05) is 9.35 Å². The van der Waals surface area contributed by atoms with Crippen LogP contribution in [0.3, 0.4) is 0 Å². The molecule has 0 spiro atoms. The number of ether oxygens (including phenoxy) is 1. The first-order chi connectivity index (χ1) is 4.61. The summed E-state index contributed by atoms with van der Waals surface area (Å²) >= 11 is 0. The molecular formula is C6H13NO. The van der Waals surface area contributed by atoms with Gasteiger partial charge in [-0.15, -0.1) is 0 Å². The Morgan fingerprint density at radius 3 is 3.12 bits per heavy atom. The Morgan fingerprint density at radius 1 is 1.88 bits per heavy atom. The quantitative estimate of drug-likeness (QED) is 0.538. The van der Waals surface area contributed by atoms with Gasteiger partial charge in [0.05, 0.1) is 6.61 Å². The summed E-state index contributed by atoms with van der Waals surface area (Å²) < 4.78 is 19.5. The zero-order chi connectivity index (χ0) is 7.61. The number of hydrogen-bond acceptors (Lipinski definition) is 2. The molecule has 48 valence electrons. The summed E-state index contributed by atoms with van der Waals surface area (Å²) in [6.45, 7) is -0.323. The molecule has 1 aliphatic heterocycles. The highest BCUT2D eigenvalue weighted by Crippen LogP contribution is 2.10. The lowest BCUT2D eigenvalue weighted by atomic mass is 10.0. The van der Waals surface area contributed by atoms with Crippen molar-refractivity contribution in [1.82, 2.24) is 0 Å². The van der Waals surface area contributed by atoms with Gasteiger partial charge in [-0.1, -0.05) is 0 Å². The molecular weight excluding hydrogens is 102 g/mol. The standard InChI is InChI=1S/C6H13NO/c7-4-6-2-1-3-8-5-6/h6H,1-5,7H2/i4D2. The summed E-state index contributed by atoms with van der Waals surface area (Å²) in [5.41, 5.74) is 5.26. The molecule has 0 amide bonds. The average molecular weight is 117 g/mol. The fraction of sp³-hybridized carbons (Fsp3) is 1.00. The van der Waals surface area contributed by atoms with Gasteiger partial charge in [0.1, 0.15) is 0 Å². The second kappa shape index (κ2) is 3.05. The minimum atomic E-state index is -1.56. The Balaban J connectivity index is 2.39. The Bertz CT molecular complexity index is 107. The first-order valence-corrected chi connectivity index (χ1v) is 2.97. The third kappa shape index (κ3) is 1.46. The van der Waals surface area contributed by atoms with Crippen LogP contribution in [-0.4, -0.2) is 19.7 Å². The summed E-state index contributed by atoms with van der Waals surface area (Å²) in [6.07, 6.45) is 1.78. The van der Waals surface area contributed by atoms with Crippen LogP contribution in [0.1, 0.15) is 15.6 Å². The van der Waals surface area contributed by atoms with Gasteiger partial charge in [-0.25, -0.2) is 0 Å². The van der Waals surface area contributed by atoms with E-state index in [-0.39, 0.29) is 5.92 Å². The Labute approximate surface area is 52.8 Å². The molecule has 0 aliphatic carbocycles. The minimum absolute atomic E-state index is 0.110. The van der Waals surface area contributed by atoms with Crippen molar-refractivity contribution >= 4 is 0 Å². The van der Waals surface area contributed by atoms with E-state index in [1.165, 1.54) is 0 Å². The number of rotatable bonds is 1. The summed E-state index contributed by atoms with van der Waals surface area (Å²) in [5, 5.41) is 0. The van der Waals surface area contributed by atoms with E-state index in [1.54, 1.807) is 0 Å². The summed E-state index contributed by atoms with van der Waals surface area (Å²) in [5.74, 6) is -0.110. The van der Waals surface area contributed by atoms with Crippen molar-refractivity contribution in [3.05, 3.63) is 0 Å². The van der Waals surface area contributed by atoms with Crippen LogP contribution in [0.25, 0.3) is 0 Å². The highest BCUT2D eigenvalue weighted by atomic mass is 16.5. The van der Waals surface area contributed by atoms with Gasteiger partial charge in [0.15, 0.2) is 0 Å². The summed E-state index contributed by atoms with van der Waals surface area (Å²) in [7, 11) is 0. The maximum absolute atomic E-state index is 7.19.